The summed E-state index contributed by atoms with van der Waals surface area (Å²) < 4.78 is 8.17. The predicted molar refractivity (Wildman–Crippen MR) is 256 cm³/mol. The van der Waals surface area contributed by atoms with Crippen molar-refractivity contribution in [1.29, 1.82) is 0 Å². The van der Waals surface area contributed by atoms with Crippen LogP contribution >= 0.6 is 45.8 Å². The zero-order valence-electron chi connectivity index (χ0n) is 31.2. The summed E-state index contributed by atoms with van der Waals surface area (Å²) in [7, 11) is 0. The monoisotopic (exact) mass is 808 g/mol. The molecule has 3 aromatic heterocycles. The third-order valence-electron chi connectivity index (χ3n) is 12.2. The first-order valence-corrected chi connectivity index (χ1v) is 23.1. The number of hydrogen-bond acceptors (Lipinski definition) is 4. The Bertz CT molecular complexity index is 3620. The number of benzene rings is 8. The molecule has 4 heteroatoms. The molecule has 2 aliphatic rings. The average Bonchev–Trinajstić information content (AvgIpc) is 4.05. The quantitative estimate of drug-likeness (QED) is 0.171. The van der Waals surface area contributed by atoms with Gasteiger partial charge in [-0.1, -0.05) is 109 Å². The lowest BCUT2D eigenvalue weighted by Crippen LogP contribution is -2.29. The first-order chi connectivity index (χ1) is 28.7. The molecule has 1 unspecified atom stereocenters. The van der Waals surface area contributed by atoms with Crippen molar-refractivity contribution in [2.24, 2.45) is 0 Å². The van der Waals surface area contributed by atoms with Crippen molar-refractivity contribution < 1.29 is 0 Å². The topological polar surface area (TPSA) is 0 Å². The van der Waals surface area contributed by atoms with Crippen molar-refractivity contribution in [3.8, 4) is 44.5 Å². The van der Waals surface area contributed by atoms with Crippen LogP contribution in [0.4, 0.5) is 0 Å². The molecular weight excluding hydrogens is 777 g/mol. The Morgan fingerprint density at radius 2 is 0.862 bits per heavy atom. The van der Waals surface area contributed by atoms with Gasteiger partial charge in [-0.15, -0.1) is 45.8 Å². The molecule has 0 saturated heterocycles. The van der Waals surface area contributed by atoms with Gasteiger partial charge in [-0.05, 0) is 129 Å². The van der Waals surface area contributed by atoms with Crippen LogP contribution in [0.1, 0.15) is 12.0 Å². The van der Waals surface area contributed by atoms with Crippen LogP contribution in [0.3, 0.4) is 0 Å². The van der Waals surface area contributed by atoms with Crippen LogP contribution in [0.5, 0.6) is 0 Å². The summed E-state index contributed by atoms with van der Waals surface area (Å²) in [6, 6.07) is 63.8. The van der Waals surface area contributed by atoms with Crippen molar-refractivity contribution in [2.45, 2.75) is 16.6 Å². The second-order valence-electron chi connectivity index (χ2n) is 15.5. The molecule has 58 heavy (non-hydrogen) atoms. The summed E-state index contributed by atoms with van der Waals surface area (Å²) in [4.78, 5) is 1.41. The first-order valence-electron chi connectivity index (χ1n) is 19.8. The molecule has 272 valence electrons. The van der Waals surface area contributed by atoms with Gasteiger partial charge < -0.3 is 0 Å². The number of thioether (sulfide) groups is 1. The van der Waals surface area contributed by atoms with Gasteiger partial charge in [0.05, 0.1) is 0 Å². The van der Waals surface area contributed by atoms with Gasteiger partial charge in [-0.25, -0.2) is 0 Å². The van der Waals surface area contributed by atoms with E-state index in [0.29, 0.717) is 5.25 Å². The number of rotatable bonds is 4. The number of thiophene rings is 3. The van der Waals surface area contributed by atoms with Crippen molar-refractivity contribution in [3.63, 3.8) is 0 Å². The van der Waals surface area contributed by atoms with Crippen molar-refractivity contribution >= 4 is 108 Å². The lowest BCUT2D eigenvalue weighted by Gasteiger charge is -2.13. The summed E-state index contributed by atoms with van der Waals surface area (Å²) in [5, 5.41) is 8.75. The summed E-state index contributed by atoms with van der Waals surface area (Å²) in [5.41, 5.74) is 13.1. The van der Waals surface area contributed by atoms with Crippen molar-refractivity contribution in [1.82, 2.24) is 0 Å². The Hall–Kier alpha value is -5.75. The van der Waals surface area contributed by atoms with Gasteiger partial charge >= 0.3 is 0 Å². The maximum Gasteiger partial charge on any atom is 0.0392 e. The van der Waals surface area contributed by atoms with Crippen LogP contribution in [0, 0.1) is 0 Å². The highest BCUT2D eigenvalue weighted by molar-refractivity contribution is 8.00. The summed E-state index contributed by atoms with van der Waals surface area (Å²) in [6.07, 6.45) is 3.57. The van der Waals surface area contributed by atoms with E-state index in [4.69, 9.17) is 0 Å². The van der Waals surface area contributed by atoms with E-state index in [-0.39, 0.29) is 0 Å². The Balaban J connectivity index is 0.940. The smallest absolute Gasteiger partial charge is 0.0392 e. The fraction of sp³-hybridized carbons (Fsp3) is 0.0370. The van der Waals surface area contributed by atoms with E-state index in [1.54, 1.807) is 0 Å². The highest BCUT2D eigenvalue weighted by Crippen LogP contribution is 2.49. The molecule has 13 rings (SSSR count). The maximum absolute atomic E-state index is 2.49. The molecule has 0 amide bonds. The van der Waals surface area contributed by atoms with Crippen LogP contribution in [-0.2, 0) is 0 Å². The second-order valence-corrected chi connectivity index (χ2v) is 20.0. The van der Waals surface area contributed by atoms with E-state index in [1.165, 1.54) is 121 Å². The van der Waals surface area contributed by atoms with Crippen LogP contribution in [-0.4, -0.2) is 5.25 Å². The third kappa shape index (κ3) is 5.12. The molecular formula is C54H32S4. The van der Waals surface area contributed by atoms with Gasteiger partial charge in [0.15, 0.2) is 0 Å². The minimum atomic E-state index is 0.459. The Kier molecular flexibility index (Phi) is 7.38. The van der Waals surface area contributed by atoms with E-state index < -0.39 is 0 Å². The molecule has 0 spiro atoms. The zero-order valence-corrected chi connectivity index (χ0v) is 34.4. The molecule has 0 radical (unpaired) electrons. The minimum absolute atomic E-state index is 0.459. The van der Waals surface area contributed by atoms with Gasteiger partial charge in [0.1, 0.15) is 0 Å². The minimum Gasteiger partial charge on any atom is -0.136 e. The van der Waals surface area contributed by atoms with E-state index in [9.17, 15) is 0 Å². The molecule has 0 nitrogen and oxygen atoms in total. The van der Waals surface area contributed by atoms with Gasteiger partial charge in [0.25, 0.3) is 0 Å². The van der Waals surface area contributed by atoms with E-state index >= 15 is 0 Å². The fourth-order valence-electron chi connectivity index (χ4n) is 9.44. The largest absolute Gasteiger partial charge is 0.136 e. The number of hydrogen-bond donors (Lipinski definition) is 0. The summed E-state index contributed by atoms with van der Waals surface area (Å²) in [5.74, 6) is 0. The third-order valence-corrected chi connectivity index (χ3v) is 16.9. The van der Waals surface area contributed by atoms with Crippen LogP contribution in [0.25, 0.3) is 107 Å². The highest BCUT2D eigenvalue weighted by Gasteiger charge is 2.31. The Morgan fingerprint density at radius 3 is 1.48 bits per heavy atom. The van der Waals surface area contributed by atoms with Crippen LogP contribution in [0.2, 0.25) is 0 Å². The SMILES string of the molecule is C1=c2sc3ccc(-c4cccc(-c5ccc6sc7ccc8sc9ccc(-c%10ccccc%10)cc9c8c7c6c5)c4)cc3c2=C2c3cc(-c4ccccc4)ccc3SC2C1. The standard InChI is InChI=1S/C54H32S4/c1-3-8-31(9-4-1)35-14-18-43-39(27-35)51-47(55-43)22-24-49-53(51)41-29-37(16-20-45(41)57-49)33-12-7-13-34(26-33)38-17-21-46-42(30-38)54-50(58-46)25-23-48-52(54)40-28-36(15-19-44(40)56-48)32-10-5-2-6-11-32/h1-22,24-30,48H,23H2. The predicted octanol–water partition coefficient (Wildman–Crippen LogP) is 15.2. The van der Waals surface area contributed by atoms with Crippen molar-refractivity contribution in [3.05, 3.63) is 185 Å². The average molecular weight is 809 g/mol. The molecule has 0 N–H and O–H groups in total. The van der Waals surface area contributed by atoms with Crippen LogP contribution < -0.4 is 9.75 Å². The van der Waals surface area contributed by atoms with Crippen LogP contribution in [0.15, 0.2) is 175 Å². The fourth-order valence-corrected chi connectivity index (χ4v) is 14.1. The van der Waals surface area contributed by atoms with Gasteiger partial charge in [0, 0.05) is 70.3 Å². The molecule has 1 aliphatic carbocycles. The lowest BCUT2D eigenvalue weighted by molar-refractivity contribution is 1.13. The van der Waals surface area contributed by atoms with Gasteiger partial charge in [0.2, 0.25) is 0 Å². The molecule has 11 aromatic rings. The van der Waals surface area contributed by atoms with E-state index in [0.717, 1.165) is 6.42 Å². The Morgan fingerprint density at radius 1 is 0.379 bits per heavy atom. The number of fused-ring (bicyclic) bond motifs is 13. The lowest BCUT2D eigenvalue weighted by atomic mass is 9.91. The normalized spacial score (nSPS) is 14.7. The highest BCUT2D eigenvalue weighted by atomic mass is 32.2. The molecule has 1 atom stereocenters. The van der Waals surface area contributed by atoms with Crippen molar-refractivity contribution in [2.75, 3.05) is 0 Å². The Labute approximate surface area is 351 Å². The second kappa shape index (κ2) is 12.9. The van der Waals surface area contributed by atoms with Gasteiger partial charge in [-0.3, -0.25) is 0 Å². The first kappa shape index (κ1) is 33.2. The molecule has 8 aromatic carbocycles. The maximum atomic E-state index is 2.49. The van der Waals surface area contributed by atoms with Gasteiger partial charge in [-0.2, -0.15) is 0 Å². The van der Waals surface area contributed by atoms with E-state index in [2.05, 4.69) is 176 Å². The van der Waals surface area contributed by atoms with E-state index in [1.807, 2.05) is 45.8 Å². The summed E-state index contributed by atoms with van der Waals surface area (Å²) >= 11 is 7.80. The molecule has 0 bridgehead atoms. The summed E-state index contributed by atoms with van der Waals surface area (Å²) in [6.45, 7) is 0. The molecule has 0 fully saturated rings. The zero-order chi connectivity index (χ0) is 37.9. The molecule has 1 aliphatic heterocycles. The molecule has 4 heterocycles. The molecule has 0 saturated carbocycles.